The topological polar surface area (TPSA) is 103 Å². The standard InChI is InChI=1S/C14H20N2O5/c1-9-12(13(18)19)6-11(21-9)7-15-14(20)16-4-2-10(8-16)3-5-17/h6,10,17H,2-5,7-8H2,1H3,(H,15,20)(H,18,19). The first-order chi connectivity index (χ1) is 10.0. The summed E-state index contributed by atoms with van der Waals surface area (Å²) in [5, 5.41) is 20.6. The van der Waals surface area contributed by atoms with Crippen LogP contribution in [0.4, 0.5) is 4.79 Å². The second kappa shape index (κ2) is 6.62. The minimum atomic E-state index is -1.04. The highest BCUT2D eigenvalue weighted by molar-refractivity contribution is 5.88. The zero-order valence-corrected chi connectivity index (χ0v) is 12.0. The van der Waals surface area contributed by atoms with E-state index in [-0.39, 0.29) is 24.7 Å². The molecule has 3 N–H and O–H groups in total. The molecule has 0 aromatic carbocycles. The number of furan rings is 1. The van der Waals surface area contributed by atoms with Crippen LogP contribution in [0.3, 0.4) is 0 Å². The van der Waals surface area contributed by atoms with E-state index in [2.05, 4.69) is 5.32 Å². The van der Waals surface area contributed by atoms with Gasteiger partial charge < -0.3 is 24.8 Å². The highest BCUT2D eigenvalue weighted by atomic mass is 16.4. The van der Waals surface area contributed by atoms with Crippen molar-refractivity contribution >= 4 is 12.0 Å². The lowest BCUT2D eigenvalue weighted by Crippen LogP contribution is -2.38. The van der Waals surface area contributed by atoms with Gasteiger partial charge in [0.1, 0.15) is 17.1 Å². The molecule has 0 radical (unpaired) electrons. The normalized spacial score (nSPS) is 18.0. The molecule has 0 saturated carbocycles. The van der Waals surface area contributed by atoms with Gasteiger partial charge in [-0.1, -0.05) is 0 Å². The number of carboxylic acids is 1. The lowest BCUT2D eigenvalue weighted by Gasteiger charge is -2.16. The maximum Gasteiger partial charge on any atom is 0.339 e. The maximum absolute atomic E-state index is 12.0. The van der Waals surface area contributed by atoms with E-state index < -0.39 is 5.97 Å². The lowest BCUT2D eigenvalue weighted by molar-refractivity contribution is 0.0695. The van der Waals surface area contributed by atoms with Gasteiger partial charge in [-0.15, -0.1) is 0 Å². The van der Waals surface area contributed by atoms with Crippen LogP contribution < -0.4 is 5.32 Å². The Balaban J connectivity index is 1.84. The zero-order valence-electron chi connectivity index (χ0n) is 12.0. The van der Waals surface area contributed by atoms with Gasteiger partial charge in [-0.25, -0.2) is 9.59 Å². The fourth-order valence-electron chi connectivity index (χ4n) is 2.55. The summed E-state index contributed by atoms with van der Waals surface area (Å²) in [6.45, 7) is 3.20. The lowest BCUT2D eigenvalue weighted by atomic mass is 10.1. The average Bonchev–Trinajstić information content (AvgIpc) is 3.03. The number of carboxylic acid groups (broad SMARTS) is 1. The van der Waals surface area contributed by atoms with Crippen LogP contribution in [0.1, 0.15) is 34.7 Å². The van der Waals surface area contributed by atoms with E-state index in [0.29, 0.717) is 36.9 Å². The van der Waals surface area contributed by atoms with Crippen LogP contribution in [0.2, 0.25) is 0 Å². The number of aromatic carboxylic acids is 1. The molecule has 2 amide bonds. The number of nitrogens with one attached hydrogen (secondary N) is 1. The van der Waals surface area contributed by atoms with E-state index in [9.17, 15) is 9.59 Å². The van der Waals surface area contributed by atoms with Crippen LogP contribution >= 0.6 is 0 Å². The fourth-order valence-corrected chi connectivity index (χ4v) is 2.55. The summed E-state index contributed by atoms with van der Waals surface area (Å²) in [6, 6.07) is 1.23. The Morgan fingerprint density at radius 3 is 2.90 bits per heavy atom. The van der Waals surface area contributed by atoms with Crippen LogP contribution in [0.15, 0.2) is 10.5 Å². The minimum Gasteiger partial charge on any atom is -0.478 e. The summed E-state index contributed by atoms with van der Waals surface area (Å²) in [6.07, 6.45) is 1.61. The molecule has 1 aromatic rings. The molecule has 2 rings (SSSR count). The molecule has 0 spiro atoms. The molecule has 1 atom stereocenters. The Morgan fingerprint density at radius 1 is 1.52 bits per heavy atom. The number of urea groups is 1. The number of carbonyl (C=O) groups excluding carboxylic acids is 1. The summed E-state index contributed by atoms with van der Waals surface area (Å²) in [7, 11) is 0. The molecule has 1 aliphatic heterocycles. The van der Waals surface area contributed by atoms with E-state index in [0.717, 1.165) is 6.42 Å². The van der Waals surface area contributed by atoms with Gasteiger partial charge in [-0.05, 0) is 31.7 Å². The first-order valence-electron chi connectivity index (χ1n) is 6.97. The van der Waals surface area contributed by atoms with E-state index in [4.69, 9.17) is 14.6 Å². The third-order valence-corrected chi connectivity index (χ3v) is 3.72. The van der Waals surface area contributed by atoms with Crippen molar-refractivity contribution in [2.75, 3.05) is 19.7 Å². The number of aryl methyl sites for hydroxylation is 1. The predicted octanol–water partition coefficient (Wildman–Crippen LogP) is 1.20. The first-order valence-corrected chi connectivity index (χ1v) is 6.97. The quantitative estimate of drug-likeness (QED) is 0.757. The minimum absolute atomic E-state index is 0.114. The molecule has 7 nitrogen and oxygen atoms in total. The Morgan fingerprint density at radius 2 is 2.29 bits per heavy atom. The van der Waals surface area contributed by atoms with Crippen molar-refractivity contribution in [3.63, 3.8) is 0 Å². The summed E-state index contributed by atoms with van der Waals surface area (Å²) in [5.74, 6) is 0.0609. The number of hydrogen-bond donors (Lipinski definition) is 3. The van der Waals surface area contributed by atoms with Crippen molar-refractivity contribution in [1.29, 1.82) is 0 Å². The van der Waals surface area contributed by atoms with Gasteiger partial charge in [0, 0.05) is 19.7 Å². The number of aliphatic hydroxyl groups excluding tert-OH is 1. The van der Waals surface area contributed by atoms with E-state index in [1.165, 1.54) is 6.07 Å². The largest absolute Gasteiger partial charge is 0.478 e. The van der Waals surface area contributed by atoms with Gasteiger partial charge in [-0.3, -0.25) is 0 Å². The van der Waals surface area contributed by atoms with Gasteiger partial charge in [0.15, 0.2) is 0 Å². The molecule has 1 unspecified atom stereocenters. The molecule has 1 fully saturated rings. The van der Waals surface area contributed by atoms with Crippen LogP contribution in [0.25, 0.3) is 0 Å². The van der Waals surface area contributed by atoms with Crippen molar-refractivity contribution in [2.24, 2.45) is 5.92 Å². The summed E-state index contributed by atoms with van der Waals surface area (Å²) in [5.41, 5.74) is 0.114. The Bertz CT molecular complexity index is 525. The van der Waals surface area contributed by atoms with Crippen molar-refractivity contribution in [3.8, 4) is 0 Å². The van der Waals surface area contributed by atoms with Crippen molar-refractivity contribution in [2.45, 2.75) is 26.3 Å². The molecule has 1 saturated heterocycles. The molecule has 0 bridgehead atoms. The molecular formula is C14H20N2O5. The second-order valence-electron chi connectivity index (χ2n) is 5.26. The molecule has 7 heteroatoms. The van der Waals surface area contributed by atoms with Crippen molar-refractivity contribution < 1.29 is 24.2 Å². The van der Waals surface area contributed by atoms with Gasteiger partial charge in [0.05, 0.1) is 6.54 Å². The fraction of sp³-hybridized carbons (Fsp3) is 0.571. The van der Waals surface area contributed by atoms with Crippen molar-refractivity contribution in [1.82, 2.24) is 10.2 Å². The van der Waals surface area contributed by atoms with Crippen LogP contribution in [-0.2, 0) is 6.54 Å². The molecule has 0 aliphatic carbocycles. The molecule has 2 heterocycles. The SMILES string of the molecule is Cc1oc(CNC(=O)N2CCC(CCO)C2)cc1C(=O)O. The third-order valence-electron chi connectivity index (χ3n) is 3.72. The molecule has 1 aromatic heterocycles. The van der Waals surface area contributed by atoms with Crippen LogP contribution in [0, 0.1) is 12.8 Å². The number of rotatable bonds is 5. The van der Waals surface area contributed by atoms with E-state index in [1.54, 1.807) is 11.8 Å². The molecule has 21 heavy (non-hydrogen) atoms. The number of likely N-dealkylation sites (tertiary alicyclic amines) is 1. The third kappa shape index (κ3) is 3.75. The number of aliphatic hydroxyl groups is 1. The molecule has 1 aliphatic rings. The van der Waals surface area contributed by atoms with Gasteiger partial charge in [0.25, 0.3) is 0 Å². The second-order valence-corrected chi connectivity index (χ2v) is 5.26. The van der Waals surface area contributed by atoms with E-state index >= 15 is 0 Å². The van der Waals surface area contributed by atoms with Crippen LogP contribution in [0.5, 0.6) is 0 Å². The van der Waals surface area contributed by atoms with Crippen LogP contribution in [-0.4, -0.2) is 46.8 Å². The number of carbonyl (C=O) groups is 2. The molecular weight excluding hydrogens is 276 g/mol. The monoisotopic (exact) mass is 296 g/mol. The summed E-state index contributed by atoms with van der Waals surface area (Å²) < 4.78 is 5.30. The Kier molecular flexibility index (Phi) is 4.85. The van der Waals surface area contributed by atoms with E-state index in [1.807, 2.05) is 0 Å². The number of nitrogens with zero attached hydrogens (tertiary/aromatic N) is 1. The zero-order chi connectivity index (χ0) is 15.4. The van der Waals surface area contributed by atoms with Gasteiger partial charge in [-0.2, -0.15) is 0 Å². The predicted molar refractivity (Wildman–Crippen MR) is 74.0 cm³/mol. The maximum atomic E-state index is 12.0. The van der Waals surface area contributed by atoms with Gasteiger partial charge in [0.2, 0.25) is 0 Å². The van der Waals surface area contributed by atoms with Crippen molar-refractivity contribution in [3.05, 3.63) is 23.2 Å². The number of amides is 2. The highest BCUT2D eigenvalue weighted by Crippen LogP contribution is 2.19. The smallest absolute Gasteiger partial charge is 0.339 e. The highest BCUT2D eigenvalue weighted by Gasteiger charge is 2.25. The summed E-state index contributed by atoms with van der Waals surface area (Å²) >= 11 is 0. The number of hydrogen-bond acceptors (Lipinski definition) is 4. The average molecular weight is 296 g/mol. The first kappa shape index (κ1) is 15.4. The Labute approximate surface area is 122 Å². The molecule has 116 valence electrons. The van der Waals surface area contributed by atoms with Gasteiger partial charge >= 0.3 is 12.0 Å². The summed E-state index contributed by atoms with van der Waals surface area (Å²) in [4.78, 5) is 24.6. The Hall–Kier alpha value is -2.02.